The Kier molecular flexibility index (Phi) is 6.90. The molecule has 6 nitrogen and oxygen atoms in total. The van der Waals surface area contributed by atoms with Crippen molar-refractivity contribution in [2.24, 2.45) is 0 Å². The minimum atomic E-state index is -0.745. The van der Waals surface area contributed by atoms with E-state index in [0.29, 0.717) is 22.2 Å². The molecule has 0 saturated heterocycles. The Labute approximate surface area is 133 Å². The number of carbonyl (C=O) groups excluding carboxylic acids is 2. The highest BCUT2D eigenvalue weighted by Crippen LogP contribution is 2.14. The SMILES string of the molecule is CCNC(=S)NNC(=O)C(C)NC(=O)c1ccccc1Cl. The molecule has 0 spiro atoms. The number of thiocarbonyl (C=S) groups is 1. The monoisotopic (exact) mass is 328 g/mol. The molecule has 1 aromatic carbocycles. The molecule has 0 aromatic heterocycles. The fraction of sp³-hybridized carbons (Fsp3) is 0.308. The zero-order valence-electron chi connectivity index (χ0n) is 11.7. The maximum atomic E-state index is 12.0. The van der Waals surface area contributed by atoms with Gasteiger partial charge in [-0.3, -0.25) is 20.4 Å². The normalized spacial score (nSPS) is 11.2. The maximum Gasteiger partial charge on any atom is 0.260 e. The summed E-state index contributed by atoms with van der Waals surface area (Å²) >= 11 is 10.8. The van der Waals surface area contributed by atoms with Crippen molar-refractivity contribution in [2.75, 3.05) is 6.54 Å². The van der Waals surface area contributed by atoms with E-state index < -0.39 is 17.9 Å². The van der Waals surface area contributed by atoms with Gasteiger partial charge in [0, 0.05) is 6.54 Å². The smallest absolute Gasteiger partial charge is 0.260 e. The first-order valence-corrected chi connectivity index (χ1v) is 7.13. The van der Waals surface area contributed by atoms with Crippen molar-refractivity contribution >= 4 is 40.7 Å². The molecule has 8 heteroatoms. The zero-order chi connectivity index (χ0) is 15.8. The molecule has 0 aliphatic rings. The second kappa shape index (κ2) is 8.43. The van der Waals surface area contributed by atoms with E-state index in [1.807, 2.05) is 6.92 Å². The van der Waals surface area contributed by atoms with Crippen LogP contribution in [0.1, 0.15) is 24.2 Å². The van der Waals surface area contributed by atoms with E-state index in [1.54, 1.807) is 31.2 Å². The molecule has 2 amide bonds. The van der Waals surface area contributed by atoms with Crippen LogP contribution in [0.3, 0.4) is 0 Å². The van der Waals surface area contributed by atoms with Gasteiger partial charge in [-0.2, -0.15) is 0 Å². The van der Waals surface area contributed by atoms with Gasteiger partial charge in [0.15, 0.2) is 5.11 Å². The van der Waals surface area contributed by atoms with Crippen LogP contribution in [-0.4, -0.2) is 29.5 Å². The number of carbonyl (C=O) groups is 2. The van der Waals surface area contributed by atoms with E-state index in [2.05, 4.69) is 21.5 Å². The van der Waals surface area contributed by atoms with Crippen molar-refractivity contribution < 1.29 is 9.59 Å². The second-order valence-electron chi connectivity index (χ2n) is 4.15. The molecule has 0 aliphatic heterocycles. The third-order valence-electron chi connectivity index (χ3n) is 2.50. The maximum absolute atomic E-state index is 12.0. The Hall–Kier alpha value is -1.86. The average Bonchev–Trinajstić information content (AvgIpc) is 2.45. The number of amides is 2. The van der Waals surface area contributed by atoms with Crippen LogP contribution in [0, 0.1) is 0 Å². The van der Waals surface area contributed by atoms with Gasteiger partial charge in [0.1, 0.15) is 6.04 Å². The van der Waals surface area contributed by atoms with E-state index in [1.165, 1.54) is 0 Å². The summed E-state index contributed by atoms with van der Waals surface area (Å²) < 4.78 is 0. The largest absolute Gasteiger partial charge is 0.362 e. The fourth-order valence-electron chi connectivity index (χ4n) is 1.42. The number of hydrazine groups is 1. The molecule has 0 radical (unpaired) electrons. The molecule has 0 bridgehead atoms. The van der Waals surface area contributed by atoms with E-state index in [4.69, 9.17) is 23.8 Å². The zero-order valence-corrected chi connectivity index (χ0v) is 13.3. The highest BCUT2D eigenvalue weighted by atomic mass is 35.5. The van der Waals surface area contributed by atoms with Crippen LogP contribution in [0.4, 0.5) is 0 Å². The lowest BCUT2D eigenvalue weighted by Gasteiger charge is -2.16. The summed E-state index contributed by atoms with van der Waals surface area (Å²) in [6.07, 6.45) is 0. The van der Waals surface area contributed by atoms with Gasteiger partial charge >= 0.3 is 0 Å². The van der Waals surface area contributed by atoms with E-state index in [9.17, 15) is 9.59 Å². The van der Waals surface area contributed by atoms with E-state index in [-0.39, 0.29) is 0 Å². The minimum Gasteiger partial charge on any atom is -0.362 e. The van der Waals surface area contributed by atoms with Gasteiger partial charge in [0.05, 0.1) is 10.6 Å². The molecule has 21 heavy (non-hydrogen) atoms. The average molecular weight is 329 g/mol. The molecule has 1 aromatic rings. The van der Waals surface area contributed by atoms with Crippen LogP contribution in [0.25, 0.3) is 0 Å². The molecule has 4 N–H and O–H groups in total. The Morgan fingerprint density at radius 3 is 2.57 bits per heavy atom. The number of hydrogen-bond donors (Lipinski definition) is 4. The first kappa shape index (κ1) is 17.2. The minimum absolute atomic E-state index is 0.301. The number of hydrogen-bond acceptors (Lipinski definition) is 3. The topological polar surface area (TPSA) is 82.3 Å². The predicted octanol–water partition coefficient (Wildman–Crippen LogP) is 0.974. The van der Waals surface area contributed by atoms with Crippen LogP contribution in [0.15, 0.2) is 24.3 Å². The highest BCUT2D eigenvalue weighted by molar-refractivity contribution is 7.80. The van der Waals surface area contributed by atoms with E-state index >= 15 is 0 Å². The van der Waals surface area contributed by atoms with Gasteiger partial charge in [0.25, 0.3) is 11.8 Å². The molecule has 1 atom stereocenters. The fourth-order valence-corrected chi connectivity index (χ4v) is 1.83. The Bertz CT molecular complexity index is 539. The number of benzene rings is 1. The number of halogens is 1. The van der Waals surface area contributed by atoms with Gasteiger partial charge in [-0.15, -0.1) is 0 Å². The molecule has 0 saturated carbocycles. The lowest BCUT2D eigenvalue weighted by atomic mass is 10.2. The first-order chi connectivity index (χ1) is 9.95. The van der Waals surface area contributed by atoms with Crippen LogP contribution < -0.4 is 21.5 Å². The molecule has 1 unspecified atom stereocenters. The van der Waals surface area contributed by atoms with Crippen molar-refractivity contribution in [1.29, 1.82) is 0 Å². The molecule has 0 aliphatic carbocycles. The Morgan fingerprint density at radius 2 is 1.95 bits per heavy atom. The van der Waals surface area contributed by atoms with Gasteiger partial charge in [-0.1, -0.05) is 23.7 Å². The Morgan fingerprint density at radius 1 is 1.29 bits per heavy atom. The summed E-state index contributed by atoms with van der Waals surface area (Å²) in [4.78, 5) is 23.8. The molecule has 1 rings (SSSR count). The van der Waals surface area contributed by atoms with Crippen molar-refractivity contribution in [2.45, 2.75) is 19.9 Å². The van der Waals surface area contributed by atoms with Gasteiger partial charge < -0.3 is 10.6 Å². The lowest BCUT2D eigenvalue weighted by Crippen LogP contribution is -2.53. The summed E-state index contributed by atoms with van der Waals surface area (Å²) in [5, 5.41) is 6.00. The van der Waals surface area contributed by atoms with Crippen LogP contribution in [0.5, 0.6) is 0 Å². The molecular weight excluding hydrogens is 312 g/mol. The number of rotatable bonds is 4. The second-order valence-corrected chi connectivity index (χ2v) is 4.96. The molecule has 114 valence electrons. The summed E-state index contributed by atoms with van der Waals surface area (Å²) in [7, 11) is 0. The standard InChI is InChI=1S/C13H17ClN4O2S/c1-3-15-13(21)18-17-11(19)8(2)16-12(20)9-6-4-5-7-10(9)14/h4-8H,3H2,1-2H3,(H,16,20)(H,17,19)(H2,15,18,21). The summed E-state index contributed by atoms with van der Waals surface area (Å²) in [5.74, 6) is -0.840. The van der Waals surface area contributed by atoms with Crippen LogP contribution in [-0.2, 0) is 4.79 Å². The Balaban J connectivity index is 2.51. The van der Waals surface area contributed by atoms with Crippen LogP contribution in [0.2, 0.25) is 5.02 Å². The van der Waals surface area contributed by atoms with Gasteiger partial charge in [-0.05, 0) is 38.2 Å². The summed E-state index contributed by atoms with van der Waals surface area (Å²) in [6.45, 7) is 4.07. The quantitative estimate of drug-likeness (QED) is 0.489. The third kappa shape index (κ3) is 5.57. The van der Waals surface area contributed by atoms with Gasteiger partial charge in [-0.25, -0.2) is 0 Å². The molecule has 0 fully saturated rings. The highest BCUT2D eigenvalue weighted by Gasteiger charge is 2.17. The molecule has 0 heterocycles. The van der Waals surface area contributed by atoms with Crippen molar-refractivity contribution in [3.8, 4) is 0 Å². The summed E-state index contributed by atoms with van der Waals surface area (Å²) in [5.41, 5.74) is 5.24. The third-order valence-corrected chi connectivity index (χ3v) is 3.07. The number of nitrogens with one attached hydrogen (secondary N) is 4. The molecular formula is C13H17ClN4O2S. The van der Waals surface area contributed by atoms with E-state index in [0.717, 1.165) is 0 Å². The van der Waals surface area contributed by atoms with Crippen molar-refractivity contribution in [3.63, 3.8) is 0 Å². The first-order valence-electron chi connectivity index (χ1n) is 6.34. The van der Waals surface area contributed by atoms with Gasteiger partial charge in [0.2, 0.25) is 0 Å². The van der Waals surface area contributed by atoms with Crippen molar-refractivity contribution in [3.05, 3.63) is 34.9 Å². The summed E-state index contributed by atoms with van der Waals surface area (Å²) in [6, 6.07) is 5.87. The lowest BCUT2D eigenvalue weighted by molar-refractivity contribution is -0.123. The van der Waals surface area contributed by atoms with Crippen LogP contribution >= 0.6 is 23.8 Å². The van der Waals surface area contributed by atoms with Crippen molar-refractivity contribution in [1.82, 2.24) is 21.5 Å². The predicted molar refractivity (Wildman–Crippen MR) is 85.9 cm³/mol.